The molecule has 3 aromatic heterocycles. The van der Waals surface area contributed by atoms with Gasteiger partial charge in [0.2, 0.25) is 21.8 Å². The summed E-state index contributed by atoms with van der Waals surface area (Å²) >= 11 is 6.77. The van der Waals surface area contributed by atoms with E-state index in [1.54, 1.807) is 24.3 Å². The average Bonchev–Trinajstić information content (AvgIpc) is 4.16. The molecule has 0 radical (unpaired) electrons. The number of halogens is 10. The Morgan fingerprint density at radius 2 is 1.70 bits per heavy atom. The zero-order valence-electron chi connectivity index (χ0n) is 34.4. The van der Waals surface area contributed by atoms with Crippen LogP contribution >= 0.6 is 11.6 Å². The number of aromatic hydroxyl groups is 1. The Labute approximate surface area is 377 Å². The van der Waals surface area contributed by atoms with Crippen molar-refractivity contribution in [1.82, 2.24) is 34.4 Å². The van der Waals surface area contributed by atoms with Crippen molar-refractivity contribution in [3.8, 4) is 17.3 Å². The number of nitrogens with zero attached hydrogens (tertiary/aromatic N) is 7. The molecule has 354 valence electrons. The molecule has 0 unspecified atom stereocenters. The van der Waals surface area contributed by atoms with Gasteiger partial charge in [-0.1, -0.05) is 23.7 Å². The maximum atomic E-state index is 15.5. The van der Waals surface area contributed by atoms with Crippen molar-refractivity contribution in [2.24, 2.45) is 5.92 Å². The smallest absolute Gasteiger partial charge is 0.435 e. The highest BCUT2D eigenvalue weighted by Gasteiger charge is 2.68. The summed E-state index contributed by atoms with van der Waals surface area (Å²) in [7, 11) is -2.87. The Hall–Kier alpha value is -6.30. The predicted octanol–water partition coefficient (Wildman–Crippen LogP) is 7.52. The highest BCUT2D eigenvalue weighted by Crippen LogP contribution is 2.68. The number of hydrogen-bond acceptors (Lipinski definition) is 9. The van der Waals surface area contributed by atoms with Gasteiger partial charge < -0.3 is 15.2 Å². The molecule has 3 aliphatic carbocycles. The number of carbonyl (C=O) groups excluding carboxylic acids is 1. The van der Waals surface area contributed by atoms with E-state index in [1.807, 2.05) is 0 Å². The lowest BCUT2D eigenvalue weighted by atomic mass is 10.0. The minimum absolute atomic E-state index is 0.210. The number of benzene rings is 3. The molecule has 9 rings (SSSR count). The Kier molecular flexibility index (Phi) is 11.3. The quantitative estimate of drug-likeness (QED) is 0.0991. The molecule has 1 amide bonds. The number of ether oxygens (including phenoxy) is 1. The average molecular weight is 985 g/mol. The molecule has 2 N–H and O–H groups in total. The van der Waals surface area contributed by atoms with E-state index in [2.05, 4.69) is 20.5 Å². The second-order valence-electron chi connectivity index (χ2n) is 16.4. The molecule has 0 spiro atoms. The van der Waals surface area contributed by atoms with Crippen molar-refractivity contribution in [3.05, 3.63) is 122 Å². The number of fused-ring (bicyclic) bond motifs is 4. The molecule has 67 heavy (non-hydrogen) atoms. The Morgan fingerprint density at radius 3 is 2.33 bits per heavy atom. The summed E-state index contributed by atoms with van der Waals surface area (Å²) in [5, 5.41) is 19.4. The van der Waals surface area contributed by atoms with E-state index in [-0.39, 0.29) is 52.0 Å². The van der Waals surface area contributed by atoms with Crippen LogP contribution in [0.3, 0.4) is 0 Å². The molecule has 2 fully saturated rings. The van der Waals surface area contributed by atoms with Gasteiger partial charge in [-0.05, 0) is 72.7 Å². The number of carbonyl (C=O) groups is 1. The lowest BCUT2D eigenvalue weighted by molar-refractivity contribution is -0.142. The van der Waals surface area contributed by atoms with Crippen molar-refractivity contribution in [2.75, 3.05) is 11.4 Å². The first kappa shape index (κ1) is 45.8. The highest BCUT2D eigenvalue weighted by atomic mass is 35.5. The van der Waals surface area contributed by atoms with E-state index >= 15 is 8.78 Å². The van der Waals surface area contributed by atoms with Crippen LogP contribution in [0.2, 0.25) is 5.02 Å². The summed E-state index contributed by atoms with van der Waals surface area (Å²) in [4.78, 5) is 32.2. The Bertz CT molecular complexity index is 3120. The molecular formula is C42H34ClF9N8O6S. The second-order valence-corrected chi connectivity index (χ2v) is 18.9. The minimum atomic E-state index is -5.18. The van der Waals surface area contributed by atoms with Gasteiger partial charge in [0, 0.05) is 24.0 Å². The third-order valence-electron chi connectivity index (χ3n) is 11.8. The van der Waals surface area contributed by atoms with Gasteiger partial charge in [-0.2, -0.15) is 37.1 Å². The van der Waals surface area contributed by atoms with E-state index in [0.29, 0.717) is 32.7 Å². The SMILES string of the molecule is COc1ccc(CN(c2nn(CC(F)F)c3c(-n4c([C@H](Cc5cc(F)cc(F)c5)NC(=O)Cn5nc(C(F)(F)F)c6c5C(F)(F)[C@@H]5C[C@H]65)nc(O)cc4=O)ccc(Cl)c23)S(=O)(=O)C2CC2)cc1. The van der Waals surface area contributed by atoms with Gasteiger partial charge in [0.15, 0.2) is 11.5 Å². The number of amides is 1. The fourth-order valence-electron chi connectivity index (χ4n) is 8.69. The molecule has 0 aliphatic heterocycles. The number of nitrogens with one attached hydrogen (secondary N) is 1. The number of rotatable bonds is 15. The first-order chi connectivity index (χ1) is 31.6. The molecule has 3 aromatic carbocycles. The van der Waals surface area contributed by atoms with Crippen LogP contribution in [0.25, 0.3) is 16.6 Å². The van der Waals surface area contributed by atoms with Crippen LogP contribution < -0.4 is 19.9 Å². The second kappa shape index (κ2) is 16.5. The fourth-order valence-corrected chi connectivity index (χ4v) is 10.7. The van der Waals surface area contributed by atoms with Gasteiger partial charge >= 0.3 is 6.18 Å². The molecule has 3 atom stereocenters. The maximum absolute atomic E-state index is 15.5. The van der Waals surface area contributed by atoms with Crippen molar-refractivity contribution in [1.29, 1.82) is 0 Å². The summed E-state index contributed by atoms with van der Waals surface area (Å²) in [6.45, 7) is -2.88. The summed E-state index contributed by atoms with van der Waals surface area (Å²) in [6, 6.07) is 9.44. The van der Waals surface area contributed by atoms with E-state index in [4.69, 9.17) is 16.3 Å². The molecule has 14 nitrogen and oxygen atoms in total. The Morgan fingerprint density at radius 1 is 1.01 bits per heavy atom. The molecule has 0 bridgehead atoms. The van der Waals surface area contributed by atoms with Crippen LogP contribution in [0.1, 0.15) is 65.1 Å². The zero-order chi connectivity index (χ0) is 48.1. The van der Waals surface area contributed by atoms with Gasteiger partial charge in [-0.15, -0.1) is 0 Å². The van der Waals surface area contributed by atoms with Crippen molar-refractivity contribution >= 4 is 44.3 Å². The normalized spacial score (nSPS) is 18.0. The molecule has 25 heteroatoms. The van der Waals surface area contributed by atoms with Crippen LogP contribution in [0.5, 0.6) is 11.6 Å². The van der Waals surface area contributed by atoms with Crippen molar-refractivity contribution < 1.29 is 62.6 Å². The number of methoxy groups -OCH3 is 1. The lowest BCUT2D eigenvalue weighted by Crippen LogP contribution is -2.38. The first-order valence-electron chi connectivity index (χ1n) is 20.3. The maximum Gasteiger partial charge on any atom is 0.435 e. The predicted molar refractivity (Wildman–Crippen MR) is 220 cm³/mol. The van der Waals surface area contributed by atoms with Gasteiger partial charge in [-0.25, -0.2) is 30.3 Å². The number of sulfonamides is 1. The standard InChI is InChI=1S/C42H34ClF9N8O6S/c1-66-23-4-2-19(3-5-23)16-59(67(64,65)24-6-7-24)40-35-27(43)8-9-29(36(35)57(56-40)17-30(46)47)60-33(63)15-31(61)54-39(60)28(12-20-10-21(44)13-22(45)11-20)53-32(62)18-58-38-34(37(55-58)42(50,51)52)25-14-26(25)41(38,48)49/h2-5,8-11,13,15,24-26,28,30,61H,6-7,12,14,16-18H2,1H3,(H,53,62)/t25-,26+,28-/m0/s1. The lowest BCUT2D eigenvalue weighted by Gasteiger charge is -2.24. The van der Waals surface area contributed by atoms with E-state index in [9.17, 15) is 53.8 Å². The van der Waals surface area contributed by atoms with E-state index in [0.717, 1.165) is 22.5 Å². The molecule has 6 aromatic rings. The van der Waals surface area contributed by atoms with Crippen molar-refractivity contribution in [2.45, 2.75) is 81.1 Å². The summed E-state index contributed by atoms with van der Waals surface area (Å²) in [5.41, 5.74) is -5.26. The fraction of sp³-hybridized carbons (Fsp3) is 0.357. The van der Waals surface area contributed by atoms with Crippen LogP contribution in [-0.4, -0.2) is 67.3 Å². The molecule has 3 heterocycles. The molecule has 2 saturated carbocycles. The summed E-state index contributed by atoms with van der Waals surface area (Å²) in [5.74, 6) is -11.6. The minimum Gasteiger partial charge on any atom is -0.497 e. The number of alkyl halides is 7. The zero-order valence-corrected chi connectivity index (χ0v) is 36.0. The van der Waals surface area contributed by atoms with E-state index < -0.39 is 134 Å². The molecular weight excluding hydrogens is 951 g/mol. The number of anilines is 1. The monoisotopic (exact) mass is 984 g/mol. The largest absolute Gasteiger partial charge is 0.497 e. The molecule has 0 saturated heterocycles. The van der Waals surface area contributed by atoms with Gasteiger partial charge in [0.1, 0.15) is 42.0 Å². The summed E-state index contributed by atoms with van der Waals surface area (Å²) < 4.78 is 168. The van der Waals surface area contributed by atoms with Crippen LogP contribution in [-0.2, 0) is 53.0 Å². The van der Waals surface area contributed by atoms with Crippen molar-refractivity contribution in [3.63, 3.8) is 0 Å². The van der Waals surface area contributed by atoms with Crippen LogP contribution in [0.4, 0.5) is 45.3 Å². The first-order valence-corrected chi connectivity index (χ1v) is 22.2. The van der Waals surface area contributed by atoms with Crippen LogP contribution in [0, 0.1) is 17.6 Å². The van der Waals surface area contributed by atoms with E-state index in [1.165, 1.54) is 13.2 Å². The molecule has 3 aliphatic rings. The number of aromatic nitrogens is 6. The topological polar surface area (TPSA) is 166 Å². The van der Waals surface area contributed by atoms with Gasteiger partial charge in [-0.3, -0.25) is 23.5 Å². The highest BCUT2D eigenvalue weighted by molar-refractivity contribution is 7.93. The third kappa shape index (κ3) is 8.41. The summed E-state index contributed by atoms with van der Waals surface area (Å²) in [6.07, 6.45) is -8.75. The number of hydrogen-bond donors (Lipinski definition) is 2. The van der Waals surface area contributed by atoms with Gasteiger partial charge in [0.05, 0.1) is 52.6 Å². The third-order valence-corrected chi connectivity index (χ3v) is 14.3. The van der Waals surface area contributed by atoms with Gasteiger partial charge in [0.25, 0.3) is 17.9 Å². The Balaban J connectivity index is 1.20. The van der Waals surface area contributed by atoms with Crippen LogP contribution in [0.15, 0.2) is 65.5 Å².